The van der Waals surface area contributed by atoms with E-state index in [0.717, 1.165) is 19.6 Å². The predicted octanol–water partition coefficient (Wildman–Crippen LogP) is 3.00. The third-order valence-electron chi connectivity index (χ3n) is 3.52. The molecule has 2 nitrogen and oxygen atoms in total. The molecule has 0 spiro atoms. The van der Waals surface area contributed by atoms with E-state index >= 15 is 0 Å². The van der Waals surface area contributed by atoms with Crippen molar-refractivity contribution in [1.29, 1.82) is 0 Å². The van der Waals surface area contributed by atoms with Gasteiger partial charge in [0.25, 0.3) is 0 Å². The van der Waals surface area contributed by atoms with Gasteiger partial charge in [0.1, 0.15) is 0 Å². The molecule has 3 atom stereocenters. The topological polar surface area (TPSA) is 21.3 Å². The molecular weight excluding hydrogens is 230 g/mol. The number of hydrogen-bond donors (Lipinski definition) is 1. The van der Waals surface area contributed by atoms with Crippen LogP contribution in [-0.4, -0.2) is 25.3 Å². The normalized spacial score (nSPS) is 23.8. The standard InChI is InChI=1S/C14H23NOS/c1-10(8-14-5-4-11(2)17-14)15-12(3)13-6-7-16-9-13/h4-5,10,12-13,15H,6-9H2,1-3H3. The molecule has 17 heavy (non-hydrogen) atoms. The Hall–Kier alpha value is -0.380. The minimum atomic E-state index is 0.545. The van der Waals surface area contributed by atoms with E-state index in [1.54, 1.807) is 0 Å². The van der Waals surface area contributed by atoms with Crippen LogP contribution < -0.4 is 5.32 Å². The van der Waals surface area contributed by atoms with Crippen LogP contribution in [0.5, 0.6) is 0 Å². The average molecular weight is 253 g/mol. The number of nitrogens with one attached hydrogen (secondary N) is 1. The molecule has 2 heterocycles. The van der Waals surface area contributed by atoms with E-state index in [2.05, 4.69) is 38.2 Å². The van der Waals surface area contributed by atoms with Crippen molar-refractivity contribution in [1.82, 2.24) is 5.32 Å². The third kappa shape index (κ3) is 3.80. The van der Waals surface area contributed by atoms with Gasteiger partial charge in [-0.25, -0.2) is 0 Å². The monoisotopic (exact) mass is 253 g/mol. The molecule has 1 saturated heterocycles. The highest BCUT2D eigenvalue weighted by Crippen LogP contribution is 2.19. The van der Waals surface area contributed by atoms with Gasteiger partial charge in [0.2, 0.25) is 0 Å². The molecule has 1 aromatic heterocycles. The molecule has 0 aromatic carbocycles. The van der Waals surface area contributed by atoms with Crippen LogP contribution in [-0.2, 0) is 11.2 Å². The van der Waals surface area contributed by atoms with Gasteiger partial charge in [0, 0.05) is 28.4 Å². The number of rotatable bonds is 5. The molecule has 0 radical (unpaired) electrons. The highest BCUT2D eigenvalue weighted by atomic mass is 32.1. The summed E-state index contributed by atoms with van der Waals surface area (Å²) in [5, 5.41) is 3.71. The Morgan fingerprint density at radius 1 is 1.47 bits per heavy atom. The molecule has 1 aliphatic heterocycles. The van der Waals surface area contributed by atoms with Crippen LogP contribution in [0.1, 0.15) is 30.0 Å². The molecule has 0 aliphatic carbocycles. The summed E-state index contributed by atoms with van der Waals surface area (Å²) in [5.74, 6) is 0.697. The molecular formula is C14H23NOS. The molecule has 1 aromatic rings. The Balaban J connectivity index is 1.78. The van der Waals surface area contributed by atoms with Gasteiger partial charge in [-0.3, -0.25) is 0 Å². The molecule has 1 N–H and O–H groups in total. The van der Waals surface area contributed by atoms with Gasteiger partial charge >= 0.3 is 0 Å². The van der Waals surface area contributed by atoms with Crippen molar-refractivity contribution >= 4 is 11.3 Å². The van der Waals surface area contributed by atoms with Crippen LogP contribution in [0.3, 0.4) is 0 Å². The van der Waals surface area contributed by atoms with E-state index in [1.807, 2.05) is 11.3 Å². The molecule has 0 saturated carbocycles. The Labute approximate surface area is 108 Å². The van der Waals surface area contributed by atoms with Gasteiger partial charge in [-0.2, -0.15) is 0 Å². The first kappa shape index (κ1) is 13.1. The Bertz CT molecular complexity index is 344. The maximum Gasteiger partial charge on any atom is 0.0509 e. The van der Waals surface area contributed by atoms with Gasteiger partial charge in [0.15, 0.2) is 0 Å². The quantitative estimate of drug-likeness (QED) is 0.871. The summed E-state index contributed by atoms with van der Waals surface area (Å²) < 4.78 is 5.44. The van der Waals surface area contributed by atoms with Gasteiger partial charge in [-0.15, -0.1) is 11.3 Å². The van der Waals surface area contributed by atoms with Crippen LogP contribution in [0.2, 0.25) is 0 Å². The molecule has 3 unspecified atom stereocenters. The maximum absolute atomic E-state index is 5.44. The summed E-state index contributed by atoms with van der Waals surface area (Å²) in [6, 6.07) is 5.57. The largest absolute Gasteiger partial charge is 0.381 e. The van der Waals surface area contributed by atoms with Crippen LogP contribution in [0, 0.1) is 12.8 Å². The highest BCUT2D eigenvalue weighted by Gasteiger charge is 2.23. The van der Waals surface area contributed by atoms with E-state index in [1.165, 1.54) is 16.2 Å². The van der Waals surface area contributed by atoms with Crippen LogP contribution in [0.25, 0.3) is 0 Å². The Kier molecular flexibility index (Phi) is 4.60. The first-order valence-electron chi connectivity index (χ1n) is 6.54. The summed E-state index contributed by atoms with van der Waals surface area (Å²) in [6.45, 7) is 8.61. The van der Waals surface area contributed by atoms with Crippen LogP contribution in [0.15, 0.2) is 12.1 Å². The zero-order chi connectivity index (χ0) is 12.3. The van der Waals surface area contributed by atoms with Crippen molar-refractivity contribution < 1.29 is 4.74 Å². The minimum Gasteiger partial charge on any atom is -0.381 e. The fourth-order valence-electron chi connectivity index (χ4n) is 2.49. The lowest BCUT2D eigenvalue weighted by molar-refractivity contribution is 0.177. The van der Waals surface area contributed by atoms with E-state index < -0.39 is 0 Å². The fraction of sp³-hybridized carbons (Fsp3) is 0.714. The number of hydrogen-bond acceptors (Lipinski definition) is 3. The molecule has 1 aliphatic rings. The van der Waals surface area contributed by atoms with Crippen molar-refractivity contribution in [3.8, 4) is 0 Å². The first-order chi connectivity index (χ1) is 8.15. The predicted molar refractivity (Wildman–Crippen MR) is 73.7 cm³/mol. The zero-order valence-corrected chi connectivity index (χ0v) is 11.8. The average Bonchev–Trinajstić information content (AvgIpc) is 2.89. The van der Waals surface area contributed by atoms with Crippen molar-refractivity contribution in [3.05, 3.63) is 21.9 Å². The van der Waals surface area contributed by atoms with Crippen LogP contribution in [0.4, 0.5) is 0 Å². The summed E-state index contributed by atoms with van der Waals surface area (Å²) in [7, 11) is 0. The number of thiophene rings is 1. The van der Waals surface area contributed by atoms with Gasteiger partial charge in [0.05, 0.1) is 6.61 Å². The second kappa shape index (κ2) is 5.98. The summed E-state index contributed by atoms with van der Waals surface area (Å²) in [5.41, 5.74) is 0. The van der Waals surface area contributed by atoms with Gasteiger partial charge < -0.3 is 10.1 Å². The Morgan fingerprint density at radius 2 is 2.29 bits per heavy atom. The van der Waals surface area contributed by atoms with E-state index in [9.17, 15) is 0 Å². The van der Waals surface area contributed by atoms with Crippen molar-refractivity contribution in [2.24, 2.45) is 5.92 Å². The number of ether oxygens (including phenoxy) is 1. The summed E-state index contributed by atoms with van der Waals surface area (Å²) >= 11 is 1.91. The molecule has 96 valence electrons. The zero-order valence-electron chi connectivity index (χ0n) is 11.0. The first-order valence-corrected chi connectivity index (χ1v) is 7.36. The van der Waals surface area contributed by atoms with Crippen LogP contribution >= 0.6 is 11.3 Å². The lowest BCUT2D eigenvalue weighted by atomic mass is 9.99. The summed E-state index contributed by atoms with van der Waals surface area (Å²) in [4.78, 5) is 2.89. The van der Waals surface area contributed by atoms with Gasteiger partial charge in [-0.05, 0) is 51.7 Å². The maximum atomic E-state index is 5.44. The lowest BCUT2D eigenvalue weighted by Gasteiger charge is -2.23. The van der Waals surface area contributed by atoms with Crippen molar-refractivity contribution in [3.63, 3.8) is 0 Å². The Morgan fingerprint density at radius 3 is 2.88 bits per heavy atom. The molecule has 2 rings (SSSR count). The molecule has 0 amide bonds. The highest BCUT2D eigenvalue weighted by molar-refractivity contribution is 7.11. The lowest BCUT2D eigenvalue weighted by Crippen LogP contribution is -2.40. The molecule has 1 fully saturated rings. The molecule has 0 bridgehead atoms. The smallest absolute Gasteiger partial charge is 0.0509 e. The van der Waals surface area contributed by atoms with Crippen molar-refractivity contribution in [2.75, 3.05) is 13.2 Å². The second-order valence-corrected chi connectivity index (χ2v) is 6.57. The van der Waals surface area contributed by atoms with Gasteiger partial charge in [-0.1, -0.05) is 0 Å². The fourth-order valence-corrected chi connectivity index (χ4v) is 3.51. The third-order valence-corrected chi connectivity index (χ3v) is 4.55. The van der Waals surface area contributed by atoms with E-state index in [4.69, 9.17) is 4.74 Å². The van der Waals surface area contributed by atoms with Crippen molar-refractivity contribution in [2.45, 2.75) is 45.7 Å². The van der Waals surface area contributed by atoms with E-state index in [0.29, 0.717) is 18.0 Å². The summed E-state index contributed by atoms with van der Waals surface area (Å²) in [6.07, 6.45) is 2.34. The second-order valence-electron chi connectivity index (χ2n) is 5.20. The number of aryl methyl sites for hydroxylation is 1. The van der Waals surface area contributed by atoms with E-state index in [-0.39, 0.29) is 0 Å². The SMILES string of the molecule is Cc1ccc(CC(C)NC(C)C2CCOC2)s1. The molecule has 3 heteroatoms. The minimum absolute atomic E-state index is 0.545.